The van der Waals surface area contributed by atoms with Gasteiger partial charge in [-0.25, -0.2) is 0 Å². The summed E-state index contributed by atoms with van der Waals surface area (Å²) < 4.78 is 0. The number of thioether (sulfide) groups is 1. The minimum Gasteiger partial charge on any atom is -0.481 e. The van der Waals surface area contributed by atoms with Gasteiger partial charge in [0, 0.05) is 24.1 Å². The van der Waals surface area contributed by atoms with Crippen molar-refractivity contribution in [2.24, 2.45) is 11.1 Å². The molecule has 0 bridgehead atoms. The van der Waals surface area contributed by atoms with Crippen molar-refractivity contribution in [3.8, 4) is 0 Å². The molecule has 2 fully saturated rings. The van der Waals surface area contributed by atoms with E-state index in [4.69, 9.17) is 5.73 Å². The van der Waals surface area contributed by atoms with Crippen LogP contribution in [0, 0.1) is 5.41 Å². The summed E-state index contributed by atoms with van der Waals surface area (Å²) in [6.45, 7) is -0.240. The van der Waals surface area contributed by atoms with Crippen LogP contribution in [-0.2, 0) is 19.2 Å². The van der Waals surface area contributed by atoms with Crippen LogP contribution in [0.5, 0.6) is 0 Å². The number of benzene rings is 3. The topological polar surface area (TPSA) is 150 Å². The number of β-lactam (4-membered cyclic amide) rings is 1. The lowest BCUT2D eigenvalue weighted by atomic mass is 9.70. The summed E-state index contributed by atoms with van der Waals surface area (Å²) in [5, 5.41) is 22.5. The highest BCUT2D eigenvalue weighted by molar-refractivity contribution is 8.00. The number of fused-ring (bicyclic) bond motifs is 1. The van der Waals surface area contributed by atoms with E-state index in [2.05, 4.69) is 5.32 Å². The molecule has 0 radical (unpaired) electrons. The number of rotatable bonds is 9. The first-order chi connectivity index (χ1) is 19.2. The maximum Gasteiger partial charge on any atom is 0.313 e. The lowest BCUT2D eigenvalue weighted by Gasteiger charge is -2.58. The smallest absolute Gasteiger partial charge is 0.313 e. The summed E-state index contributed by atoms with van der Waals surface area (Å²) in [5.74, 6) is -3.67. The predicted octanol–water partition coefficient (Wildman–Crippen LogP) is 2.27. The lowest BCUT2D eigenvalue weighted by Crippen LogP contribution is -2.75. The summed E-state index contributed by atoms with van der Waals surface area (Å²) in [5.41, 5.74) is 6.00. The Morgan fingerprint density at radius 3 is 1.90 bits per heavy atom. The van der Waals surface area contributed by atoms with Crippen molar-refractivity contribution in [2.45, 2.75) is 35.1 Å². The van der Waals surface area contributed by atoms with Crippen LogP contribution in [-0.4, -0.2) is 62.0 Å². The van der Waals surface area contributed by atoms with Crippen molar-refractivity contribution >= 4 is 35.5 Å². The van der Waals surface area contributed by atoms with Gasteiger partial charge in [0.1, 0.15) is 16.8 Å². The van der Waals surface area contributed by atoms with Gasteiger partial charge in [-0.1, -0.05) is 91.0 Å². The molecule has 2 heterocycles. The van der Waals surface area contributed by atoms with Crippen molar-refractivity contribution in [2.75, 3.05) is 6.54 Å². The fourth-order valence-corrected chi connectivity index (χ4v) is 7.62. The van der Waals surface area contributed by atoms with Gasteiger partial charge in [0.15, 0.2) is 6.10 Å². The molecule has 10 heteroatoms. The van der Waals surface area contributed by atoms with Crippen LogP contribution in [0.4, 0.5) is 0 Å². The first-order valence-corrected chi connectivity index (χ1v) is 13.8. The third-order valence-corrected chi connectivity index (χ3v) is 9.44. The number of hydrogen-bond donors (Lipinski definition) is 4. The maximum atomic E-state index is 13.2. The Bertz CT molecular complexity index is 1370. The van der Waals surface area contributed by atoms with E-state index in [9.17, 15) is 29.4 Å². The van der Waals surface area contributed by atoms with E-state index in [1.165, 1.54) is 16.7 Å². The Labute approximate surface area is 235 Å². The van der Waals surface area contributed by atoms with Gasteiger partial charge in [0.25, 0.3) is 5.91 Å². The molecule has 4 unspecified atom stereocenters. The zero-order valence-corrected chi connectivity index (χ0v) is 22.2. The standard InChI is InChI=1S/C30H29N3O6S/c31-21(34)16-30(29(38)39)17-33-27(37)23(32-26(36)24(35)20-14-8-3-9-15-20)28(33)40-25(30)22(18-10-4-1-5-11-18)19-12-6-2-7-13-19/h1-15,22-25,28,35H,16-17H2,(H2,31,34)(H,32,36)(H,38,39)/t23?,24?,25?,28-,30?/m1/s1. The average Bonchev–Trinajstić information content (AvgIpc) is 2.97. The summed E-state index contributed by atoms with van der Waals surface area (Å²) >= 11 is 1.24. The molecule has 0 aliphatic carbocycles. The van der Waals surface area contributed by atoms with Gasteiger partial charge in [-0.2, -0.15) is 0 Å². The third-order valence-electron chi connectivity index (χ3n) is 7.62. The van der Waals surface area contributed by atoms with E-state index in [-0.39, 0.29) is 6.54 Å². The summed E-state index contributed by atoms with van der Waals surface area (Å²) in [6, 6.07) is 26.2. The minimum absolute atomic E-state index is 0.240. The SMILES string of the molecule is NC(=O)CC1(C(=O)O)CN2C(=O)C(NC(=O)C(O)c3ccccc3)[C@H]2SC1C(c1ccccc1)c1ccccc1. The van der Waals surface area contributed by atoms with Crippen molar-refractivity contribution in [1.82, 2.24) is 10.2 Å². The molecule has 0 spiro atoms. The van der Waals surface area contributed by atoms with Crippen molar-refractivity contribution in [3.63, 3.8) is 0 Å². The highest BCUT2D eigenvalue weighted by atomic mass is 32.2. The molecular weight excluding hydrogens is 530 g/mol. The Hall–Kier alpha value is -4.15. The molecule has 3 aromatic rings. The van der Waals surface area contributed by atoms with Crippen molar-refractivity contribution < 1.29 is 29.4 Å². The summed E-state index contributed by atoms with van der Waals surface area (Å²) in [4.78, 5) is 52.8. The normalized spacial score (nSPS) is 24.5. The van der Waals surface area contributed by atoms with Crippen LogP contribution >= 0.6 is 11.8 Å². The van der Waals surface area contributed by atoms with Crippen LogP contribution in [0.2, 0.25) is 0 Å². The number of nitrogens with zero attached hydrogens (tertiary/aromatic N) is 1. The molecule has 3 aromatic carbocycles. The van der Waals surface area contributed by atoms with E-state index in [0.29, 0.717) is 5.56 Å². The zero-order valence-electron chi connectivity index (χ0n) is 21.4. The van der Waals surface area contributed by atoms with E-state index < -0.39 is 64.2 Å². The van der Waals surface area contributed by atoms with E-state index in [1.807, 2.05) is 60.7 Å². The first-order valence-electron chi connectivity index (χ1n) is 12.8. The van der Waals surface area contributed by atoms with Gasteiger partial charge < -0.3 is 26.2 Å². The van der Waals surface area contributed by atoms with Gasteiger partial charge >= 0.3 is 5.97 Å². The number of carboxylic acids is 1. The number of hydrogen-bond acceptors (Lipinski definition) is 6. The Morgan fingerprint density at radius 2 is 1.43 bits per heavy atom. The van der Waals surface area contributed by atoms with Gasteiger partial charge in [0.2, 0.25) is 11.8 Å². The minimum atomic E-state index is -1.68. The number of carboxylic acid groups (broad SMARTS) is 1. The largest absolute Gasteiger partial charge is 0.481 e. The second-order valence-corrected chi connectivity index (χ2v) is 11.4. The number of aliphatic hydroxyl groups is 1. The number of nitrogens with two attached hydrogens (primary N) is 1. The molecule has 3 amide bonds. The number of aliphatic hydroxyl groups excluding tert-OH is 1. The Morgan fingerprint density at radius 1 is 0.925 bits per heavy atom. The molecule has 40 heavy (non-hydrogen) atoms. The molecule has 206 valence electrons. The van der Waals surface area contributed by atoms with Crippen LogP contribution in [0.3, 0.4) is 0 Å². The fraction of sp³-hybridized carbons (Fsp3) is 0.267. The number of nitrogens with one attached hydrogen (secondary N) is 1. The van der Waals surface area contributed by atoms with Crippen LogP contribution in [0.15, 0.2) is 91.0 Å². The van der Waals surface area contributed by atoms with Crippen LogP contribution in [0.1, 0.15) is 35.1 Å². The van der Waals surface area contributed by atoms with E-state index >= 15 is 0 Å². The van der Waals surface area contributed by atoms with E-state index in [1.54, 1.807) is 30.3 Å². The van der Waals surface area contributed by atoms with Crippen molar-refractivity contribution in [3.05, 3.63) is 108 Å². The highest BCUT2D eigenvalue weighted by Crippen LogP contribution is 2.55. The van der Waals surface area contributed by atoms with E-state index in [0.717, 1.165) is 11.1 Å². The first kappa shape index (κ1) is 27.4. The molecule has 2 aliphatic heterocycles. The van der Waals surface area contributed by atoms with Crippen LogP contribution < -0.4 is 11.1 Å². The molecule has 5 N–H and O–H groups in total. The van der Waals surface area contributed by atoms with Gasteiger partial charge in [-0.15, -0.1) is 11.8 Å². The Balaban J connectivity index is 1.52. The molecule has 5 atom stereocenters. The molecule has 5 rings (SSSR count). The number of carbonyl (C=O) groups is 4. The van der Waals surface area contributed by atoms with Crippen LogP contribution in [0.25, 0.3) is 0 Å². The average molecular weight is 560 g/mol. The third kappa shape index (κ3) is 4.96. The predicted molar refractivity (Wildman–Crippen MR) is 149 cm³/mol. The highest BCUT2D eigenvalue weighted by Gasteiger charge is 2.63. The summed E-state index contributed by atoms with van der Waals surface area (Å²) in [7, 11) is 0. The zero-order chi connectivity index (χ0) is 28.4. The van der Waals surface area contributed by atoms with Gasteiger partial charge in [-0.05, 0) is 16.7 Å². The lowest BCUT2D eigenvalue weighted by molar-refractivity contribution is -0.163. The quantitative estimate of drug-likeness (QED) is 0.294. The number of amides is 3. The number of carbonyl (C=O) groups excluding carboxylic acids is 3. The second-order valence-electron chi connectivity index (χ2n) is 10.1. The molecule has 2 saturated heterocycles. The Kier molecular flexibility index (Phi) is 7.64. The number of aliphatic carboxylic acids is 1. The molecule has 0 saturated carbocycles. The number of primary amides is 1. The van der Waals surface area contributed by atoms with Gasteiger partial charge in [0.05, 0.1) is 0 Å². The molecular formula is C30H29N3O6S. The fourth-order valence-electron chi connectivity index (χ4n) is 5.66. The second kappa shape index (κ2) is 11.1. The van der Waals surface area contributed by atoms with Gasteiger partial charge in [-0.3, -0.25) is 19.2 Å². The maximum absolute atomic E-state index is 13.2. The molecule has 0 aromatic heterocycles. The summed E-state index contributed by atoms with van der Waals surface area (Å²) in [6.07, 6.45) is -1.93. The molecule has 9 nitrogen and oxygen atoms in total. The monoisotopic (exact) mass is 559 g/mol. The molecule has 2 aliphatic rings. The van der Waals surface area contributed by atoms with Crippen molar-refractivity contribution in [1.29, 1.82) is 0 Å².